The first-order valence-corrected chi connectivity index (χ1v) is 11.0. The van der Waals surface area contributed by atoms with E-state index in [4.69, 9.17) is 9.47 Å². The van der Waals surface area contributed by atoms with Crippen molar-refractivity contribution in [3.8, 4) is 11.5 Å². The number of para-hydroxylation sites is 1. The second-order valence-corrected chi connectivity index (χ2v) is 9.00. The highest BCUT2D eigenvalue weighted by Crippen LogP contribution is 2.51. The highest BCUT2D eigenvalue weighted by Gasteiger charge is 2.38. The molecule has 29 heavy (non-hydrogen) atoms. The zero-order valence-electron chi connectivity index (χ0n) is 16.5. The predicted molar refractivity (Wildman–Crippen MR) is 119 cm³/mol. The van der Waals surface area contributed by atoms with Gasteiger partial charge in [-0.1, -0.05) is 30.4 Å². The maximum atomic E-state index is 5.98. The van der Waals surface area contributed by atoms with E-state index in [0.29, 0.717) is 31.1 Å². The average Bonchev–Trinajstić information content (AvgIpc) is 3.41. The van der Waals surface area contributed by atoms with E-state index in [-0.39, 0.29) is 0 Å². The van der Waals surface area contributed by atoms with Crippen molar-refractivity contribution in [1.29, 1.82) is 0 Å². The molecule has 0 saturated heterocycles. The van der Waals surface area contributed by atoms with Gasteiger partial charge in [-0.15, -0.1) is 11.3 Å². The molecular formula is C25H25NO2S. The molecule has 3 aromatic rings. The summed E-state index contributed by atoms with van der Waals surface area (Å²) in [5, 5.41) is 3.80. The Morgan fingerprint density at radius 1 is 0.966 bits per heavy atom. The largest absolute Gasteiger partial charge is 0.490 e. The molecule has 3 nitrogen and oxygen atoms in total. The van der Waals surface area contributed by atoms with E-state index in [1.807, 2.05) is 41.7 Å². The number of thiophene rings is 1. The molecule has 2 aromatic carbocycles. The maximum absolute atomic E-state index is 5.98. The highest BCUT2D eigenvalue weighted by molar-refractivity contribution is 7.12. The van der Waals surface area contributed by atoms with Gasteiger partial charge in [0, 0.05) is 21.4 Å². The van der Waals surface area contributed by atoms with Gasteiger partial charge >= 0.3 is 0 Å². The summed E-state index contributed by atoms with van der Waals surface area (Å²) in [4.78, 5) is 2.81. The molecule has 0 radical (unpaired) electrons. The first-order chi connectivity index (χ1) is 14.3. The molecule has 0 bridgehead atoms. The monoisotopic (exact) mass is 403 g/mol. The third-order valence-corrected chi connectivity index (χ3v) is 6.85. The van der Waals surface area contributed by atoms with E-state index < -0.39 is 0 Å². The SMILES string of the molecule is Cc1ccc(C2Nc3ccc(OCCOc4ccccc4)cc3C3C=CCC32)s1. The first kappa shape index (κ1) is 18.3. The molecule has 0 saturated carbocycles. The van der Waals surface area contributed by atoms with Crippen LogP contribution in [0.25, 0.3) is 0 Å². The van der Waals surface area contributed by atoms with Gasteiger partial charge in [0.25, 0.3) is 0 Å². The molecule has 4 heteroatoms. The number of benzene rings is 2. The van der Waals surface area contributed by atoms with Crippen LogP contribution < -0.4 is 14.8 Å². The van der Waals surface area contributed by atoms with E-state index in [1.54, 1.807) is 0 Å². The smallest absolute Gasteiger partial charge is 0.122 e. The van der Waals surface area contributed by atoms with Crippen LogP contribution in [0, 0.1) is 12.8 Å². The summed E-state index contributed by atoms with van der Waals surface area (Å²) in [6.07, 6.45) is 5.83. The predicted octanol–water partition coefficient (Wildman–Crippen LogP) is 6.34. The summed E-state index contributed by atoms with van der Waals surface area (Å²) in [5.74, 6) is 2.80. The van der Waals surface area contributed by atoms with E-state index in [9.17, 15) is 0 Å². The minimum absolute atomic E-state index is 0.382. The van der Waals surface area contributed by atoms with Crippen LogP contribution >= 0.6 is 11.3 Å². The number of hydrogen-bond acceptors (Lipinski definition) is 4. The summed E-state index contributed by atoms with van der Waals surface area (Å²) in [6.45, 7) is 3.24. The molecular weight excluding hydrogens is 378 g/mol. The topological polar surface area (TPSA) is 30.5 Å². The number of rotatable bonds is 6. The van der Waals surface area contributed by atoms with Crippen LogP contribution in [0.2, 0.25) is 0 Å². The standard InChI is InChI=1S/C25H25NO2S/c1-17-10-13-24(29-17)25-21-9-5-8-20(21)22-16-19(11-12-23(22)26-25)28-15-14-27-18-6-3-2-4-7-18/h2-8,10-13,16,20-21,25-26H,9,14-15H2,1H3. The molecule has 5 rings (SSSR count). The molecule has 2 heterocycles. The van der Waals surface area contributed by atoms with E-state index in [1.165, 1.54) is 21.0 Å². The van der Waals surface area contributed by atoms with Crippen molar-refractivity contribution in [1.82, 2.24) is 0 Å². The van der Waals surface area contributed by atoms with E-state index in [2.05, 4.69) is 54.7 Å². The van der Waals surface area contributed by atoms with Gasteiger partial charge in [-0.05, 0) is 67.3 Å². The van der Waals surface area contributed by atoms with Crippen molar-refractivity contribution >= 4 is 17.0 Å². The third-order valence-electron chi connectivity index (χ3n) is 5.77. The van der Waals surface area contributed by atoms with Crippen LogP contribution in [0.5, 0.6) is 11.5 Å². The van der Waals surface area contributed by atoms with Crippen molar-refractivity contribution in [3.05, 3.63) is 88.1 Å². The number of ether oxygens (including phenoxy) is 2. The summed E-state index contributed by atoms with van der Waals surface area (Å²) in [6, 6.07) is 21.2. The second kappa shape index (κ2) is 7.96. The van der Waals surface area contributed by atoms with Crippen LogP contribution in [-0.4, -0.2) is 13.2 Å². The van der Waals surface area contributed by atoms with Crippen molar-refractivity contribution in [2.24, 2.45) is 5.92 Å². The molecule has 148 valence electrons. The molecule has 3 unspecified atom stereocenters. The Bertz CT molecular complexity index is 1010. The molecule has 1 aliphatic carbocycles. The number of hydrogen-bond donors (Lipinski definition) is 1. The van der Waals surface area contributed by atoms with Gasteiger partial charge < -0.3 is 14.8 Å². The summed E-state index contributed by atoms with van der Waals surface area (Å²) in [5.41, 5.74) is 2.57. The van der Waals surface area contributed by atoms with Gasteiger partial charge in [0.1, 0.15) is 24.7 Å². The van der Waals surface area contributed by atoms with Gasteiger partial charge in [0.2, 0.25) is 0 Å². The van der Waals surface area contributed by atoms with E-state index >= 15 is 0 Å². The lowest BCUT2D eigenvalue weighted by molar-refractivity contribution is 0.217. The fraction of sp³-hybridized carbons (Fsp3) is 0.280. The van der Waals surface area contributed by atoms with Gasteiger partial charge in [0.05, 0.1) is 6.04 Å². The fourth-order valence-electron chi connectivity index (χ4n) is 4.40. The van der Waals surface area contributed by atoms with Gasteiger partial charge in [-0.25, -0.2) is 0 Å². The van der Waals surface area contributed by atoms with Crippen LogP contribution in [-0.2, 0) is 0 Å². The summed E-state index contributed by atoms with van der Waals surface area (Å²) in [7, 11) is 0. The molecule has 1 aromatic heterocycles. The molecule has 1 aliphatic heterocycles. The quantitative estimate of drug-likeness (QED) is 0.385. The lowest BCUT2D eigenvalue weighted by Crippen LogP contribution is -2.28. The Hall–Kier alpha value is -2.72. The number of allylic oxidation sites excluding steroid dienone is 2. The molecule has 0 fully saturated rings. The maximum Gasteiger partial charge on any atom is 0.122 e. The van der Waals surface area contributed by atoms with Crippen LogP contribution in [0.1, 0.15) is 33.7 Å². The summed E-state index contributed by atoms with van der Waals surface area (Å²) < 4.78 is 11.7. The van der Waals surface area contributed by atoms with Crippen LogP contribution in [0.15, 0.2) is 72.8 Å². The van der Waals surface area contributed by atoms with Crippen molar-refractivity contribution < 1.29 is 9.47 Å². The van der Waals surface area contributed by atoms with Crippen LogP contribution in [0.3, 0.4) is 0 Å². The van der Waals surface area contributed by atoms with E-state index in [0.717, 1.165) is 17.9 Å². The lowest BCUT2D eigenvalue weighted by Gasteiger charge is -2.37. The molecule has 3 atom stereocenters. The van der Waals surface area contributed by atoms with Crippen LogP contribution in [0.4, 0.5) is 5.69 Å². The number of aryl methyl sites for hydroxylation is 1. The third kappa shape index (κ3) is 3.77. The summed E-state index contributed by atoms with van der Waals surface area (Å²) >= 11 is 1.90. The minimum atomic E-state index is 0.382. The average molecular weight is 404 g/mol. The highest BCUT2D eigenvalue weighted by atomic mass is 32.1. The zero-order chi connectivity index (χ0) is 19.6. The normalized spacial score (nSPS) is 21.9. The fourth-order valence-corrected chi connectivity index (χ4v) is 5.40. The minimum Gasteiger partial charge on any atom is -0.490 e. The second-order valence-electron chi connectivity index (χ2n) is 7.68. The molecule has 2 aliphatic rings. The number of nitrogens with one attached hydrogen (secondary N) is 1. The van der Waals surface area contributed by atoms with Crippen molar-refractivity contribution in [2.75, 3.05) is 18.5 Å². The van der Waals surface area contributed by atoms with Crippen molar-refractivity contribution in [2.45, 2.75) is 25.3 Å². The number of fused-ring (bicyclic) bond motifs is 3. The van der Waals surface area contributed by atoms with Crippen molar-refractivity contribution in [3.63, 3.8) is 0 Å². The lowest BCUT2D eigenvalue weighted by atomic mass is 9.79. The Balaban J connectivity index is 1.28. The Morgan fingerprint density at radius 3 is 2.59 bits per heavy atom. The molecule has 1 N–H and O–H groups in total. The Morgan fingerprint density at radius 2 is 1.79 bits per heavy atom. The Kier molecular flexibility index (Phi) is 5.03. The number of anilines is 1. The molecule has 0 spiro atoms. The van der Waals surface area contributed by atoms with Gasteiger partial charge in [-0.2, -0.15) is 0 Å². The molecule has 0 amide bonds. The van der Waals surface area contributed by atoms with Gasteiger partial charge in [-0.3, -0.25) is 0 Å². The first-order valence-electron chi connectivity index (χ1n) is 10.2. The zero-order valence-corrected chi connectivity index (χ0v) is 17.3. The Labute approximate surface area is 176 Å². The van der Waals surface area contributed by atoms with Gasteiger partial charge in [0.15, 0.2) is 0 Å².